The second-order valence-electron chi connectivity index (χ2n) is 8.64. The first-order valence-corrected chi connectivity index (χ1v) is 14.7. The van der Waals surface area contributed by atoms with Gasteiger partial charge in [-0.2, -0.15) is 0 Å². The maximum atomic E-state index is 12.8. The van der Waals surface area contributed by atoms with Crippen molar-refractivity contribution in [1.82, 2.24) is 3.80 Å². The molecule has 156 valence electrons. The van der Waals surface area contributed by atoms with E-state index < -0.39 is 16.8 Å². The zero-order valence-corrected chi connectivity index (χ0v) is 19.9. The number of nitrogens with one attached hydrogen (secondary N) is 1. The van der Waals surface area contributed by atoms with Crippen molar-refractivity contribution in [3.05, 3.63) is 120 Å². The number of fused-ring (bicyclic) bond motifs is 3. The molecular formula is C28H29NOTi. The summed E-state index contributed by atoms with van der Waals surface area (Å²) < 4.78 is 6.41. The molecule has 5 rings (SSSR count). The first-order chi connectivity index (χ1) is 14.9. The van der Waals surface area contributed by atoms with Gasteiger partial charge in [0.2, 0.25) is 0 Å². The van der Waals surface area contributed by atoms with Crippen molar-refractivity contribution in [1.29, 1.82) is 0 Å². The molecule has 0 bridgehead atoms. The second kappa shape index (κ2) is 8.82. The first-order valence-electron chi connectivity index (χ1n) is 10.8. The molecular weight excluding hydrogens is 414 g/mol. The topological polar surface area (TPSA) is 29.1 Å². The van der Waals surface area contributed by atoms with E-state index in [-0.39, 0.29) is 5.91 Å². The SMILES string of the molecule is C=C(C)C(=C)C.O=C([NH][Ti]1([CH]2c3ccccc3-c3ccccc32)[CH2][CH2]1)c1ccccc1. The van der Waals surface area contributed by atoms with Crippen LogP contribution in [0.15, 0.2) is 103 Å². The Kier molecular flexibility index (Phi) is 6.13. The summed E-state index contributed by atoms with van der Waals surface area (Å²) in [6.45, 7) is 11.2. The Morgan fingerprint density at radius 1 is 0.774 bits per heavy atom. The molecule has 2 aliphatic rings. The van der Waals surface area contributed by atoms with E-state index in [1.807, 2.05) is 44.2 Å². The zero-order chi connectivity index (χ0) is 22.0. The Bertz CT molecular complexity index is 1090. The molecule has 3 aromatic rings. The van der Waals surface area contributed by atoms with Crippen molar-refractivity contribution in [2.75, 3.05) is 0 Å². The number of hydrogen-bond acceptors (Lipinski definition) is 1. The Morgan fingerprint density at radius 3 is 1.68 bits per heavy atom. The van der Waals surface area contributed by atoms with Gasteiger partial charge in [0.15, 0.2) is 0 Å². The van der Waals surface area contributed by atoms with Gasteiger partial charge in [-0.05, 0) is 13.8 Å². The van der Waals surface area contributed by atoms with Crippen LogP contribution in [0.2, 0.25) is 9.45 Å². The van der Waals surface area contributed by atoms with Crippen LogP contribution in [-0.4, -0.2) is 5.91 Å². The molecule has 1 saturated heterocycles. The van der Waals surface area contributed by atoms with Gasteiger partial charge < -0.3 is 0 Å². The summed E-state index contributed by atoms with van der Waals surface area (Å²) in [5.41, 5.74) is 8.47. The molecule has 0 aromatic heterocycles. The summed E-state index contributed by atoms with van der Waals surface area (Å²) in [4.78, 5) is 12.8. The van der Waals surface area contributed by atoms with Gasteiger partial charge in [0.25, 0.3) is 0 Å². The summed E-state index contributed by atoms with van der Waals surface area (Å²) in [5.74, 6) is 0.111. The maximum absolute atomic E-state index is 12.8. The number of hydrogen-bond donors (Lipinski definition) is 1. The molecule has 3 aromatic carbocycles. The normalized spacial score (nSPS) is 15.0. The fraction of sp³-hybridized carbons (Fsp3) is 0.179. The van der Waals surface area contributed by atoms with Gasteiger partial charge in [-0.3, -0.25) is 0 Å². The van der Waals surface area contributed by atoms with Crippen molar-refractivity contribution in [2.24, 2.45) is 0 Å². The van der Waals surface area contributed by atoms with Gasteiger partial charge in [-0.15, -0.1) is 0 Å². The van der Waals surface area contributed by atoms with Crippen LogP contribution in [0.3, 0.4) is 0 Å². The van der Waals surface area contributed by atoms with Crippen molar-refractivity contribution in [3.63, 3.8) is 0 Å². The molecule has 0 spiro atoms. The Morgan fingerprint density at radius 2 is 1.23 bits per heavy atom. The molecule has 0 saturated carbocycles. The Labute approximate surface area is 189 Å². The van der Waals surface area contributed by atoms with E-state index in [2.05, 4.69) is 65.5 Å². The fourth-order valence-corrected chi connectivity index (χ4v) is 11.5. The third kappa shape index (κ3) is 4.37. The average Bonchev–Trinajstić information content (AvgIpc) is 3.47. The molecule has 0 atom stereocenters. The van der Waals surface area contributed by atoms with E-state index in [4.69, 9.17) is 0 Å². The van der Waals surface area contributed by atoms with Crippen LogP contribution in [-0.2, 0) is 16.8 Å². The van der Waals surface area contributed by atoms with Crippen molar-refractivity contribution < 1.29 is 21.6 Å². The number of amides is 1. The van der Waals surface area contributed by atoms with Gasteiger partial charge in [0.05, 0.1) is 0 Å². The van der Waals surface area contributed by atoms with Crippen LogP contribution < -0.4 is 3.80 Å². The van der Waals surface area contributed by atoms with E-state index in [9.17, 15) is 4.79 Å². The van der Waals surface area contributed by atoms with E-state index in [1.54, 1.807) is 0 Å². The number of benzene rings is 3. The summed E-state index contributed by atoms with van der Waals surface area (Å²) in [7, 11) is 0. The van der Waals surface area contributed by atoms with Crippen molar-refractivity contribution in [3.8, 4) is 11.1 Å². The number of carbonyl (C=O) groups is 1. The van der Waals surface area contributed by atoms with E-state index in [0.717, 1.165) is 16.7 Å². The van der Waals surface area contributed by atoms with Crippen LogP contribution in [0.5, 0.6) is 0 Å². The van der Waals surface area contributed by atoms with Crippen LogP contribution in [0, 0.1) is 0 Å². The summed E-state index contributed by atoms with van der Waals surface area (Å²) in [5, 5.41) is 0. The molecule has 1 heterocycles. The molecule has 1 fully saturated rings. The van der Waals surface area contributed by atoms with Gasteiger partial charge in [-0.25, -0.2) is 0 Å². The van der Waals surface area contributed by atoms with Crippen LogP contribution >= 0.6 is 0 Å². The third-order valence-electron chi connectivity index (χ3n) is 6.30. The monoisotopic (exact) mass is 443 g/mol. The quantitative estimate of drug-likeness (QED) is 0.334. The minimum absolute atomic E-state index is 0.111. The molecule has 0 unspecified atom stereocenters. The summed E-state index contributed by atoms with van der Waals surface area (Å²) >= 11 is -2.47. The predicted molar refractivity (Wildman–Crippen MR) is 127 cm³/mol. The number of allylic oxidation sites excluding steroid dienone is 2. The fourth-order valence-electron chi connectivity index (χ4n) is 4.26. The molecule has 1 N–H and O–H groups in total. The molecule has 31 heavy (non-hydrogen) atoms. The molecule has 2 nitrogen and oxygen atoms in total. The number of rotatable bonds is 4. The first kappa shape index (κ1) is 21.6. The summed E-state index contributed by atoms with van der Waals surface area (Å²) in [6.07, 6.45) is 0. The molecule has 1 amide bonds. The van der Waals surface area contributed by atoms with E-state index in [1.165, 1.54) is 31.7 Å². The van der Waals surface area contributed by atoms with Gasteiger partial charge >= 0.3 is 152 Å². The predicted octanol–water partition coefficient (Wildman–Crippen LogP) is 7.24. The van der Waals surface area contributed by atoms with Crippen LogP contribution in [0.1, 0.15) is 39.6 Å². The molecule has 0 radical (unpaired) electrons. The van der Waals surface area contributed by atoms with Gasteiger partial charge in [0, 0.05) is 0 Å². The zero-order valence-electron chi connectivity index (χ0n) is 18.3. The second-order valence-corrected chi connectivity index (χ2v) is 15.1. The van der Waals surface area contributed by atoms with Gasteiger partial charge in [0.1, 0.15) is 0 Å². The van der Waals surface area contributed by atoms with Gasteiger partial charge in [-0.1, -0.05) is 24.3 Å². The van der Waals surface area contributed by atoms with Crippen LogP contribution in [0.4, 0.5) is 0 Å². The van der Waals surface area contributed by atoms with E-state index in [0.29, 0.717) is 4.22 Å². The minimum atomic E-state index is -2.47. The average molecular weight is 443 g/mol. The molecule has 1 aliphatic carbocycles. The molecule has 1 aliphatic heterocycles. The standard InChI is InChI=1S/C13H9.C7H7NO.C6H10.C2H4.Ti/c1-3-7-12-10(5-1)9-11-6-2-4-8-13(11)12;8-7(9)6-4-2-1-3-5-6;1-5(2)6(3)4;1-2;/h1-9H;1-5H,(H2,8,9);1,3H2,2,4H3;1-2H2;/q;;;;+1/p-1. The van der Waals surface area contributed by atoms with Crippen molar-refractivity contribution >= 4 is 5.91 Å². The summed E-state index contributed by atoms with van der Waals surface area (Å²) in [6, 6.07) is 27.1. The third-order valence-corrected chi connectivity index (χ3v) is 12.6. The van der Waals surface area contributed by atoms with Crippen molar-refractivity contribution in [2.45, 2.75) is 27.5 Å². The number of carbonyl (C=O) groups excluding carboxylic acids is 1. The Balaban J connectivity index is 0.000000342. The molecule has 3 heteroatoms. The van der Waals surface area contributed by atoms with E-state index >= 15 is 0 Å². The van der Waals surface area contributed by atoms with Crippen LogP contribution in [0.25, 0.3) is 11.1 Å². The Hall–Kier alpha value is -2.68.